The van der Waals surface area contributed by atoms with Gasteiger partial charge in [-0.3, -0.25) is 0 Å². The first kappa shape index (κ1) is 47.2. The molecule has 0 aromatic heterocycles. The molecule has 0 amide bonds. The number of fused-ring (bicyclic) bond motifs is 3. The summed E-state index contributed by atoms with van der Waals surface area (Å²) in [6, 6.07) is 40.6. The van der Waals surface area contributed by atoms with Crippen molar-refractivity contribution in [2.24, 2.45) is 0 Å². The molecule has 0 spiro atoms. The van der Waals surface area contributed by atoms with Crippen molar-refractivity contribution in [2.75, 3.05) is 0 Å². The van der Waals surface area contributed by atoms with Crippen LogP contribution in [0.15, 0.2) is 155 Å². The molecule has 0 N–H and O–H groups in total. The van der Waals surface area contributed by atoms with Crippen molar-refractivity contribution in [3.63, 3.8) is 0 Å². The van der Waals surface area contributed by atoms with Gasteiger partial charge in [0, 0.05) is 0 Å². The van der Waals surface area contributed by atoms with Crippen LogP contribution in [0.2, 0.25) is 0 Å². The minimum Gasteiger partial charge on any atom is -0.147 e. The van der Waals surface area contributed by atoms with Gasteiger partial charge in [-0.15, -0.1) is 24.8 Å². The van der Waals surface area contributed by atoms with Crippen LogP contribution in [0.5, 0.6) is 0 Å². The third-order valence-corrected chi connectivity index (χ3v) is 20.1. The molecule has 0 fully saturated rings. The number of allylic oxidation sites excluding steroid dienone is 4. The molecule has 2 aliphatic carbocycles. The fourth-order valence-electron chi connectivity index (χ4n) is 8.88. The Balaban J connectivity index is 0.00000321. The Labute approximate surface area is 380 Å². The molecule has 9 heteroatoms. The van der Waals surface area contributed by atoms with Gasteiger partial charge >= 0.3 is 358 Å². The van der Waals surface area contributed by atoms with Crippen LogP contribution < -0.4 is 0 Å². The zero-order chi connectivity index (χ0) is 42.8. The summed E-state index contributed by atoms with van der Waals surface area (Å²) < 4.78 is 86.2. The summed E-state index contributed by atoms with van der Waals surface area (Å²) in [7, 11) is 0. The molecular weight excluding hydrogens is 913 g/mol. The minimum absolute atomic E-state index is 0. The molecule has 0 atom stereocenters. The second-order valence-corrected chi connectivity index (χ2v) is 24.2. The molecule has 0 bridgehead atoms. The molecule has 0 saturated heterocycles. The molecule has 2 aliphatic rings. The predicted molar refractivity (Wildman–Crippen MR) is 244 cm³/mol. The van der Waals surface area contributed by atoms with Crippen LogP contribution in [0.3, 0.4) is 0 Å². The van der Waals surface area contributed by atoms with E-state index in [1.807, 2.05) is 42.5 Å². The van der Waals surface area contributed by atoms with E-state index < -0.39 is 44.7 Å². The normalized spacial score (nSPS) is 13.8. The summed E-state index contributed by atoms with van der Waals surface area (Å²) in [5.74, 6) is 0. The van der Waals surface area contributed by atoms with Crippen molar-refractivity contribution >= 4 is 28.0 Å². The second-order valence-electron chi connectivity index (χ2n) is 17.9. The second kappa shape index (κ2) is 17.7. The van der Waals surface area contributed by atoms with Crippen LogP contribution in [0.4, 0.5) is 26.3 Å². The van der Waals surface area contributed by atoms with E-state index in [2.05, 4.69) is 102 Å². The van der Waals surface area contributed by atoms with Crippen LogP contribution >= 0.6 is 24.8 Å². The minimum atomic E-state index is -4.55. The number of hydrogen-bond donors (Lipinski definition) is 0. The monoisotopic (exact) mass is 958 g/mol. The zero-order valence-electron chi connectivity index (χ0n) is 35.3. The standard InChI is InChI=1S/C33H33.C15H8F6.C5H5.2ClH.Zr/c1-32(2,3)30-20-26-24(18-28(30)22-13-9-7-10-14-22)17-25-19-29(23-15-11-8-12-16-23)31(21-27(25)26)33(4,5)6;16-14(17,18)12-5-1-10(2-6-12)9-11-3-7-13(8-4-11)15(19,20)21;1-2-4-5-3-1;;;/h7-21H,1-6H3;1-8H;1-3H,4H2;2*1H;. The Morgan fingerprint density at radius 1 is 0.500 bits per heavy atom. The summed E-state index contributed by atoms with van der Waals surface area (Å²) in [5, 5.41) is 0. The third-order valence-electron chi connectivity index (χ3n) is 11.8. The molecule has 0 nitrogen and oxygen atoms in total. The topological polar surface area (TPSA) is 0 Å². The summed E-state index contributed by atoms with van der Waals surface area (Å²) in [6.45, 7) is 13.4. The first-order chi connectivity index (χ1) is 28.3. The average molecular weight is 961 g/mol. The smallest absolute Gasteiger partial charge is 0.147 e. The van der Waals surface area contributed by atoms with Gasteiger partial charge in [-0.1, -0.05) is 0 Å². The van der Waals surface area contributed by atoms with Crippen LogP contribution in [0.1, 0.15) is 96.1 Å². The molecule has 0 unspecified atom stereocenters. The molecule has 62 heavy (non-hydrogen) atoms. The molecule has 0 heterocycles. The Morgan fingerprint density at radius 2 is 0.887 bits per heavy atom. The van der Waals surface area contributed by atoms with Crippen LogP contribution in [0.25, 0.3) is 33.4 Å². The van der Waals surface area contributed by atoms with E-state index in [4.69, 9.17) is 0 Å². The predicted octanol–water partition coefficient (Wildman–Crippen LogP) is 16.3. The fraction of sp³-hybridized carbons (Fsp3) is 0.226. The van der Waals surface area contributed by atoms with Crippen molar-refractivity contribution in [1.29, 1.82) is 0 Å². The molecule has 0 saturated carbocycles. The van der Waals surface area contributed by atoms with Gasteiger partial charge in [0.2, 0.25) is 0 Å². The summed E-state index contributed by atoms with van der Waals surface area (Å²) in [4.78, 5) is 0. The first-order valence-electron chi connectivity index (χ1n) is 20.2. The maximum atomic E-state index is 14.1. The van der Waals surface area contributed by atoms with Crippen molar-refractivity contribution in [3.05, 3.63) is 199 Å². The van der Waals surface area contributed by atoms with Gasteiger partial charge in [0.1, 0.15) is 0 Å². The van der Waals surface area contributed by atoms with E-state index in [1.54, 1.807) is 0 Å². The van der Waals surface area contributed by atoms with Gasteiger partial charge in [-0.25, -0.2) is 0 Å². The van der Waals surface area contributed by atoms with E-state index >= 15 is 0 Å². The van der Waals surface area contributed by atoms with Crippen molar-refractivity contribution in [2.45, 2.75) is 74.8 Å². The van der Waals surface area contributed by atoms with Gasteiger partial charge in [-0.05, 0) is 0 Å². The Kier molecular flexibility index (Phi) is 13.5. The van der Waals surface area contributed by atoms with Gasteiger partial charge in [0.05, 0.1) is 0 Å². The fourth-order valence-corrected chi connectivity index (χ4v) is 17.8. The summed E-state index contributed by atoms with van der Waals surface area (Å²) in [5.41, 5.74) is 10.6. The Bertz CT molecular complexity index is 2510. The Morgan fingerprint density at radius 3 is 1.21 bits per heavy atom. The molecule has 0 aliphatic heterocycles. The van der Waals surface area contributed by atoms with Crippen molar-refractivity contribution in [1.82, 2.24) is 0 Å². The van der Waals surface area contributed by atoms with Gasteiger partial charge in [0.25, 0.3) is 0 Å². The number of alkyl halides is 6. The van der Waals surface area contributed by atoms with Gasteiger partial charge < -0.3 is 0 Å². The summed E-state index contributed by atoms with van der Waals surface area (Å²) in [6.07, 6.45) is -2.12. The molecule has 6 aromatic carbocycles. The number of rotatable bonds is 6. The number of benzene rings is 6. The molecule has 320 valence electrons. The zero-order valence-corrected chi connectivity index (χ0v) is 39.4. The van der Waals surface area contributed by atoms with E-state index in [9.17, 15) is 26.3 Å². The molecule has 6 aromatic rings. The molecular formula is C53H48Cl2F6Zr. The number of hydrogen-bond acceptors (Lipinski definition) is 0. The SMILES string of the molecule is CC(C)(C)c1cc2c(cc1-c1ccccc1)[CH]([Zr]([C]1=CC=CC1)=[C](c1ccc(C(F)(F)F)cc1)c1ccc(C(F)(F)F)cc1)c1cc(-c3ccccc3)c(C(C)(C)C)cc1-2.Cl.Cl. The first-order valence-corrected chi connectivity index (χ1v) is 24.1. The van der Waals surface area contributed by atoms with Crippen molar-refractivity contribution < 1.29 is 47.6 Å². The van der Waals surface area contributed by atoms with E-state index in [0.717, 1.165) is 72.0 Å². The van der Waals surface area contributed by atoms with E-state index in [1.165, 1.54) is 38.7 Å². The van der Waals surface area contributed by atoms with Crippen molar-refractivity contribution in [3.8, 4) is 33.4 Å². The largest absolute Gasteiger partial charge is 0.147 e. The number of halogens is 8. The molecule has 0 radical (unpaired) electrons. The summed E-state index contributed by atoms with van der Waals surface area (Å²) >= 11 is -3.60. The van der Waals surface area contributed by atoms with Crippen LogP contribution in [-0.4, -0.2) is 3.21 Å². The quantitative estimate of drug-likeness (QED) is 0.146. The van der Waals surface area contributed by atoms with Gasteiger partial charge in [0.15, 0.2) is 0 Å². The average Bonchev–Trinajstić information content (AvgIpc) is 3.85. The maximum Gasteiger partial charge on any atom is -0.147 e. The van der Waals surface area contributed by atoms with E-state index in [-0.39, 0.29) is 39.3 Å². The van der Waals surface area contributed by atoms with E-state index in [0.29, 0.717) is 17.5 Å². The van der Waals surface area contributed by atoms with Crippen LogP contribution in [-0.2, 0) is 44.4 Å². The maximum absolute atomic E-state index is 14.1. The van der Waals surface area contributed by atoms with Crippen LogP contribution in [0, 0.1) is 0 Å². The molecule has 8 rings (SSSR count). The Hall–Kier alpha value is -4.29. The van der Waals surface area contributed by atoms with Gasteiger partial charge in [-0.2, -0.15) is 0 Å². The third kappa shape index (κ3) is 9.19.